The van der Waals surface area contributed by atoms with Crippen molar-refractivity contribution in [1.82, 2.24) is 10.3 Å². The fraction of sp³-hybridized carbons (Fsp3) is 0.136. The van der Waals surface area contributed by atoms with Crippen LogP contribution in [0.3, 0.4) is 0 Å². The second-order valence-electron chi connectivity index (χ2n) is 6.33. The maximum absolute atomic E-state index is 12.4. The van der Waals surface area contributed by atoms with Gasteiger partial charge in [-0.2, -0.15) is 0 Å². The van der Waals surface area contributed by atoms with Crippen molar-refractivity contribution in [2.75, 3.05) is 6.61 Å². The number of aromatic nitrogens is 1. The van der Waals surface area contributed by atoms with Crippen molar-refractivity contribution in [2.24, 2.45) is 0 Å². The summed E-state index contributed by atoms with van der Waals surface area (Å²) >= 11 is 4.62. The summed E-state index contributed by atoms with van der Waals surface area (Å²) in [7, 11) is 0. The zero-order valence-corrected chi connectivity index (χ0v) is 18.3. The van der Waals surface area contributed by atoms with Crippen molar-refractivity contribution in [3.63, 3.8) is 0 Å². The lowest BCUT2D eigenvalue weighted by Gasteiger charge is -2.05. The Morgan fingerprint density at radius 1 is 0.967 bits per heavy atom. The Bertz CT molecular complexity index is 1100. The van der Waals surface area contributed by atoms with Crippen LogP contribution in [0.2, 0.25) is 0 Å². The smallest absolute Gasteiger partial charge is 0.311 e. The van der Waals surface area contributed by atoms with Crippen LogP contribution in [0.1, 0.15) is 9.75 Å². The van der Waals surface area contributed by atoms with Crippen molar-refractivity contribution in [3.05, 3.63) is 75.1 Å². The molecular formula is C22H18N2O3S3. The molecule has 0 atom stereocenters. The number of esters is 1. The minimum atomic E-state index is -0.442. The van der Waals surface area contributed by atoms with Gasteiger partial charge < -0.3 is 10.1 Å². The van der Waals surface area contributed by atoms with Crippen molar-refractivity contribution in [3.8, 4) is 21.1 Å². The van der Waals surface area contributed by atoms with Gasteiger partial charge in [-0.05, 0) is 22.9 Å². The van der Waals surface area contributed by atoms with Gasteiger partial charge in [-0.15, -0.1) is 34.0 Å². The van der Waals surface area contributed by atoms with Crippen LogP contribution >= 0.6 is 34.0 Å². The lowest BCUT2D eigenvalue weighted by atomic mass is 10.2. The van der Waals surface area contributed by atoms with Crippen LogP contribution in [0.5, 0.6) is 0 Å². The topological polar surface area (TPSA) is 68.3 Å². The van der Waals surface area contributed by atoms with Crippen LogP contribution in [0.15, 0.2) is 65.4 Å². The first-order valence-electron chi connectivity index (χ1n) is 9.23. The highest BCUT2D eigenvalue weighted by molar-refractivity contribution is 7.17. The van der Waals surface area contributed by atoms with Gasteiger partial charge in [0.25, 0.3) is 5.91 Å². The molecule has 4 rings (SSSR count). The van der Waals surface area contributed by atoms with E-state index in [1.807, 2.05) is 65.4 Å². The summed E-state index contributed by atoms with van der Waals surface area (Å²) in [4.78, 5) is 32.0. The molecule has 1 amide bonds. The van der Waals surface area contributed by atoms with Crippen molar-refractivity contribution in [1.29, 1.82) is 0 Å². The number of carbonyl (C=O) groups is 2. The zero-order chi connectivity index (χ0) is 20.8. The lowest BCUT2D eigenvalue weighted by molar-refractivity contribution is -0.147. The summed E-state index contributed by atoms with van der Waals surface area (Å²) in [5, 5.41) is 7.54. The first kappa shape index (κ1) is 20.5. The molecule has 0 spiro atoms. The molecule has 3 heterocycles. The van der Waals surface area contributed by atoms with Gasteiger partial charge in [0.2, 0.25) is 0 Å². The van der Waals surface area contributed by atoms with Crippen LogP contribution in [-0.4, -0.2) is 23.5 Å². The predicted molar refractivity (Wildman–Crippen MR) is 122 cm³/mol. The Morgan fingerprint density at radius 3 is 2.50 bits per heavy atom. The number of amides is 1. The quantitative estimate of drug-likeness (QED) is 0.380. The Morgan fingerprint density at radius 2 is 1.77 bits per heavy atom. The molecule has 0 aliphatic heterocycles. The summed E-state index contributed by atoms with van der Waals surface area (Å²) in [6.07, 6.45) is 0.0793. The zero-order valence-electron chi connectivity index (χ0n) is 15.9. The SMILES string of the molecule is O=C(COC(=O)Cc1sc(-c2ccccc2)nc1-c1cccs1)NCc1cccs1. The lowest BCUT2D eigenvalue weighted by Crippen LogP contribution is -2.28. The average Bonchev–Trinajstić information content (AvgIpc) is 3.53. The van der Waals surface area contributed by atoms with Gasteiger partial charge >= 0.3 is 5.97 Å². The second-order valence-corrected chi connectivity index (χ2v) is 9.39. The fourth-order valence-electron chi connectivity index (χ4n) is 2.76. The van der Waals surface area contributed by atoms with E-state index in [1.54, 1.807) is 22.7 Å². The van der Waals surface area contributed by atoms with Gasteiger partial charge in [-0.1, -0.05) is 42.5 Å². The van der Waals surface area contributed by atoms with Crippen molar-refractivity contribution < 1.29 is 14.3 Å². The Balaban J connectivity index is 1.41. The van der Waals surface area contributed by atoms with E-state index in [1.165, 1.54) is 11.3 Å². The Kier molecular flexibility index (Phi) is 6.68. The number of thiazole rings is 1. The molecule has 1 N–H and O–H groups in total. The minimum absolute atomic E-state index is 0.0793. The highest BCUT2D eigenvalue weighted by atomic mass is 32.1. The number of benzene rings is 1. The number of hydrogen-bond acceptors (Lipinski definition) is 7. The van der Waals surface area contributed by atoms with Crippen LogP contribution in [-0.2, 0) is 27.3 Å². The van der Waals surface area contributed by atoms with E-state index in [0.717, 1.165) is 30.9 Å². The maximum Gasteiger partial charge on any atom is 0.311 e. The first-order chi connectivity index (χ1) is 14.7. The molecular weight excluding hydrogens is 436 g/mol. The van der Waals surface area contributed by atoms with Gasteiger partial charge in [-0.3, -0.25) is 9.59 Å². The number of nitrogens with zero attached hydrogens (tertiary/aromatic N) is 1. The third-order valence-corrected chi connectivity index (χ3v) is 7.04. The average molecular weight is 455 g/mol. The molecule has 30 heavy (non-hydrogen) atoms. The first-order valence-corrected chi connectivity index (χ1v) is 11.8. The van der Waals surface area contributed by atoms with E-state index in [9.17, 15) is 9.59 Å². The molecule has 0 aliphatic carbocycles. The fourth-order valence-corrected chi connectivity index (χ4v) is 5.28. The third kappa shape index (κ3) is 5.21. The molecule has 0 radical (unpaired) electrons. The Labute approximate surface area is 186 Å². The summed E-state index contributed by atoms with van der Waals surface area (Å²) in [5.41, 5.74) is 1.81. The van der Waals surface area contributed by atoms with Gasteiger partial charge in [0, 0.05) is 15.3 Å². The summed E-state index contributed by atoms with van der Waals surface area (Å²) in [6.45, 7) is 0.148. The molecule has 4 aromatic rings. The van der Waals surface area contributed by atoms with Crippen molar-refractivity contribution in [2.45, 2.75) is 13.0 Å². The van der Waals surface area contributed by atoms with E-state index in [-0.39, 0.29) is 18.9 Å². The number of thiophene rings is 2. The van der Waals surface area contributed by atoms with Crippen LogP contribution in [0, 0.1) is 0 Å². The van der Waals surface area contributed by atoms with E-state index in [4.69, 9.17) is 9.72 Å². The number of carbonyl (C=O) groups excluding carboxylic acids is 2. The molecule has 8 heteroatoms. The summed E-state index contributed by atoms with van der Waals surface area (Å²) in [6, 6.07) is 17.7. The number of hydrogen-bond donors (Lipinski definition) is 1. The van der Waals surface area contributed by atoms with E-state index < -0.39 is 5.97 Å². The summed E-state index contributed by atoms with van der Waals surface area (Å²) < 4.78 is 5.20. The molecule has 3 aromatic heterocycles. The van der Waals surface area contributed by atoms with E-state index in [0.29, 0.717) is 6.54 Å². The number of nitrogens with one attached hydrogen (secondary N) is 1. The van der Waals surface area contributed by atoms with Crippen molar-refractivity contribution >= 4 is 45.9 Å². The molecule has 0 unspecified atom stereocenters. The molecule has 0 saturated heterocycles. The van der Waals surface area contributed by atoms with Gasteiger partial charge in [0.05, 0.1) is 23.5 Å². The van der Waals surface area contributed by atoms with E-state index >= 15 is 0 Å². The third-order valence-electron chi connectivity index (χ3n) is 4.18. The standard InChI is InChI=1S/C22H18N2O3S3/c25-19(23-13-16-8-4-10-28-16)14-27-20(26)12-18-21(17-9-5-11-29-17)24-22(30-18)15-6-2-1-3-7-15/h1-11H,12-14H2,(H,23,25). The maximum atomic E-state index is 12.4. The second kappa shape index (κ2) is 9.80. The molecule has 0 bridgehead atoms. The summed E-state index contributed by atoms with van der Waals surface area (Å²) in [5.74, 6) is -0.758. The number of ether oxygens (including phenoxy) is 1. The molecule has 0 fully saturated rings. The molecule has 0 aliphatic rings. The van der Waals surface area contributed by atoms with Gasteiger partial charge in [0.1, 0.15) is 5.01 Å². The van der Waals surface area contributed by atoms with E-state index in [2.05, 4.69) is 5.32 Å². The highest BCUT2D eigenvalue weighted by Crippen LogP contribution is 2.36. The molecule has 152 valence electrons. The normalized spacial score (nSPS) is 10.7. The van der Waals surface area contributed by atoms with Crippen LogP contribution < -0.4 is 5.32 Å². The predicted octanol–water partition coefficient (Wildman–Crippen LogP) is 5.00. The largest absolute Gasteiger partial charge is 0.455 e. The Hall–Kier alpha value is -2.81. The van der Waals surface area contributed by atoms with Crippen LogP contribution in [0.25, 0.3) is 21.1 Å². The van der Waals surface area contributed by atoms with Gasteiger partial charge in [-0.25, -0.2) is 4.98 Å². The van der Waals surface area contributed by atoms with Crippen LogP contribution in [0.4, 0.5) is 0 Å². The van der Waals surface area contributed by atoms with Gasteiger partial charge in [0.15, 0.2) is 6.61 Å². The monoisotopic (exact) mass is 454 g/mol. The number of rotatable bonds is 8. The highest BCUT2D eigenvalue weighted by Gasteiger charge is 2.19. The molecule has 1 aromatic carbocycles. The molecule has 5 nitrogen and oxygen atoms in total. The molecule has 0 saturated carbocycles. The minimum Gasteiger partial charge on any atom is -0.455 e.